The Bertz CT molecular complexity index is 619. The van der Waals surface area contributed by atoms with Crippen LogP contribution in [0.5, 0.6) is 5.75 Å². The van der Waals surface area contributed by atoms with Crippen molar-refractivity contribution in [3.63, 3.8) is 0 Å². The summed E-state index contributed by atoms with van der Waals surface area (Å²) in [5, 5.41) is 12.2. The van der Waals surface area contributed by atoms with Crippen molar-refractivity contribution in [3.05, 3.63) is 59.4 Å². The van der Waals surface area contributed by atoms with Gasteiger partial charge in [0.2, 0.25) is 0 Å². The second-order valence-corrected chi connectivity index (χ2v) is 4.46. The quantitative estimate of drug-likeness (QED) is 0.905. The molecule has 1 unspecified atom stereocenters. The number of nitrogens with one attached hydrogen (secondary N) is 1. The van der Waals surface area contributed by atoms with Crippen LogP contribution in [0.25, 0.3) is 0 Å². The van der Waals surface area contributed by atoms with Crippen LogP contribution in [-0.4, -0.2) is 12.0 Å². The van der Waals surface area contributed by atoms with Gasteiger partial charge >= 0.3 is 0 Å². The van der Waals surface area contributed by atoms with E-state index in [1.54, 1.807) is 6.20 Å². The Kier molecular flexibility index (Phi) is 4.70. The third kappa shape index (κ3) is 3.14. The van der Waals surface area contributed by atoms with Crippen molar-refractivity contribution < 1.29 is 4.74 Å². The molecule has 1 heterocycles. The smallest absolute Gasteiger partial charge is 0.147 e. The molecule has 0 saturated heterocycles. The summed E-state index contributed by atoms with van der Waals surface area (Å²) in [5.41, 5.74) is 2.30. The van der Waals surface area contributed by atoms with E-state index in [0.717, 1.165) is 16.9 Å². The molecule has 0 saturated carbocycles. The number of ether oxygens (including phenoxy) is 1. The van der Waals surface area contributed by atoms with Crippen LogP contribution < -0.4 is 10.1 Å². The molecule has 1 atom stereocenters. The fraction of sp³-hybridized carbons (Fsp3) is 0.250. The molecule has 1 N–H and O–H groups in total. The lowest BCUT2D eigenvalue weighted by Gasteiger charge is -2.16. The lowest BCUT2D eigenvalue weighted by molar-refractivity contribution is 0.299. The first-order valence-electron chi connectivity index (χ1n) is 6.49. The molecular weight excluding hydrogens is 250 g/mol. The lowest BCUT2D eigenvalue weighted by atomic mass is 10.1. The average Bonchev–Trinajstić information content (AvgIpc) is 2.52. The topological polar surface area (TPSA) is 57.9 Å². The van der Waals surface area contributed by atoms with E-state index in [9.17, 15) is 0 Å². The molecule has 2 aromatic rings. The Labute approximate surface area is 119 Å². The minimum Gasteiger partial charge on any atom is -0.488 e. The molecule has 0 aliphatic heterocycles. The van der Waals surface area contributed by atoms with Gasteiger partial charge in [-0.1, -0.05) is 24.3 Å². The number of nitrogens with zero attached hydrogens (tertiary/aromatic N) is 2. The Morgan fingerprint density at radius 3 is 2.85 bits per heavy atom. The van der Waals surface area contributed by atoms with Gasteiger partial charge in [-0.05, 0) is 26.1 Å². The Morgan fingerprint density at radius 2 is 2.10 bits per heavy atom. The fourth-order valence-electron chi connectivity index (χ4n) is 1.94. The third-order valence-electron chi connectivity index (χ3n) is 3.20. The predicted octanol–water partition coefficient (Wildman–Crippen LogP) is 2.81. The van der Waals surface area contributed by atoms with Crippen molar-refractivity contribution in [3.8, 4) is 11.8 Å². The van der Waals surface area contributed by atoms with Gasteiger partial charge in [0.25, 0.3) is 0 Å². The third-order valence-corrected chi connectivity index (χ3v) is 3.20. The second-order valence-electron chi connectivity index (χ2n) is 4.46. The zero-order chi connectivity index (χ0) is 14.4. The average molecular weight is 267 g/mol. The number of nitriles is 1. The highest BCUT2D eigenvalue weighted by atomic mass is 16.5. The van der Waals surface area contributed by atoms with Crippen LogP contribution in [0.4, 0.5) is 0 Å². The zero-order valence-electron chi connectivity index (χ0n) is 11.6. The number of hydrogen-bond donors (Lipinski definition) is 1. The Balaban J connectivity index is 2.17. The predicted molar refractivity (Wildman–Crippen MR) is 77.2 cm³/mol. The summed E-state index contributed by atoms with van der Waals surface area (Å²) >= 11 is 0. The summed E-state index contributed by atoms with van der Waals surface area (Å²) in [5.74, 6) is 0.821. The maximum Gasteiger partial charge on any atom is 0.147 e. The van der Waals surface area contributed by atoms with Gasteiger partial charge in [0.1, 0.15) is 24.1 Å². The first-order chi connectivity index (χ1) is 9.76. The molecule has 0 amide bonds. The van der Waals surface area contributed by atoms with E-state index < -0.39 is 0 Å². The molecule has 0 bridgehead atoms. The van der Waals surface area contributed by atoms with Gasteiger partial charge in [-0.2, -0.15) is 5.26 Å². The van der Waals surface area contributed by atoms with Crippen molar-refractivity contribution in [2.24, 2.45) is 0 Å². The van der Waals surface area contributed by atoms with E-state index in [1.807, 2.05) is 43.4 Å². The Morgan fingerprint density at radius 1 is 1.30 bits per heavy atom. The highest BCUT2D eigenvalue weighted by Crippen LogP contribution is 2.25. The number of aromatic nitrogens is 1. The molecule has 1 aromatic carbocycles. The van der Waals surface area contributed by atoms with Crippen molar-refractivity contribution in [2.75, 3.05) is 7.05 Å². The highest BCUT2D eigenvalue weighted by molar-refractivity contribution is 5.36. The normalized spacial score (nSPS) is 11.7. The molecule has 4 nitrogen and oxygen atoms in total. The maximum atomic E-state index is 9.02. The minimum atomic E-state index is 0.204. The van der Waals surface area contributed by atoms with Crippen molar-refractivity contribution in [1.29, 1.82) is 5.26 Å². The summed E-state index contributed by atoms with van der Waals surface area (Å²) in [4.78, 5) is 4.03. The molecule has 102 valence electrons. The summed E-state index contributed by atoms with van der Waals surface area (Å²) in [6, 6.07) is 13.8. The lowest BCUT2D eigenvalue weighted by Crippen LogP contribution is -2.13. The molecule has 0 aliphatic rings. The first-order valence-corrected chi connectivity index (χ1v) is 6.49. The highest BCUT2D eigenvalue weighted by Gasteiger charge is 2.10. The monoisotopic (exact) mass is 267 g/mol. The van der Waals surface area contributed by atoms with E-state index in [0.29, 0.717) is 12.3 Å². The molecular formula is C16H17N3O. The van der Waals surface area contributed by atoms with E-state index in [1.165, 1.54) is 0 Å². The molecule has 1 aromatic heterocycles. The SMILES string of the molecule is CNC(C)c1ccccc1OCc1cccnc1C#N. The van der Waals surface area contributed by atoms with E-state index in [4.69, 9.17) is 10.00 Å². The molecule has 0 radical (unpaired) electrons. The van der Waals surface area contributed by atoms with Crippen LogP contribution in [0.2, 0.25) is 0 Å². The second kappa shape index (κ2) is 6.69. The van der Waals surface area contributed by atoms with Crippen molar-refractivity contribution in [1.82, 2.24) is 10.3 Å². The molecule has 0 spiro atoms. The van der Waals surface area contributed by atoms with Crippen LogP contribution in [0.15, 0.2) is 42.6 Å². The summed E-state index contributed by atoms with van der Waals surface area (Å²) in [6.45, 7) is 2.41. The van der Waals surface area contributed by atoms with Gasteiger partial charge in [0.15, 0.2) is 0 Å². The molecule has 0 aliphatic carbocycles. The molecule has 2 rings (SSSR count). The van der Waals surface area contributed by atoms with Crippen LogP contribution in [0.3, 0.4) is 0 Å². The number of para-hydroxylation sites is 1. The minimum absolute atomic E-state index is 0.204. The summed E-state index contributed by atoms with van der Waals surface area (Å²) in [6.07, 6.45) is 1.61. The Hall–Kier alpha value is -2.38. The van der Waals surface area contributed by atoms with Crippen LogP contribution in [0, 0.1) is 11.3 Å². The van der Waals surface area contributed by atoms with Gasteiger partial charge < -0.3 is 10.1 Å². The van der Waals surface area contributed by atoms with E-state index in [-0.39, 0.29) is 6.04 Å². The van der Waals surface area contributed by atoms with Gasteiger partial charge in [0, 0.05) is 23.4 Å². The van der Waals surface area contributed by atoms with Crippen LogP contribution in [0.1, 0.15) is 29.8 Å². The standard InChI is InChI=1S/C16H17N3O/c1-12(18-2)14-7-3-4-8-16(14)20-11-13-6-5-9-19-15(13)10-17/h3-9,12,18H,11H2,1-2H3. The number of benzene rings is 1. The number of rotatable bonds is 5. The van der Waals surface area contributed by atoms with E-state index in [2.05, 4.69) is 23.3 Å². The van der Waals surface area contributed by atoms with Gasteiger partial charge in [-0.15, -0.1) is 0 Å². The van der Waals surface area contributed by atoms with E-state index >= 15 is 0 Å². The fourth-order valence-corrected chi connectivity index (χ4v) is 1.94. The maximum absolute atomic E-state index is 9.02. The first kappa shape index (κ1) is 14.0. The number of pyridine rings is 1. The van der Waals surface area contributed by atoms with Crippen molar-refractivity contribution >= 4 is 0 Å². The molecule has 0 fully saturated rings. The van der Waals surface area contributed by atoms with Crippen molar-refractivity contribution in [2.45, 2.75) is 19.6 Å². The van der Waals surface area contributed by atoms with Gasteiger partial charge in [-0.25, -0.2) is 4.98 Å². The largest absolute Gasteiger partial charge is 0.488 e. The van der Waals surface area contributed by atoms with Gasteiger partial charge in [0.05, 0.1) is 0 Å². The van der Waals surface area contributed by atoms with Gasteiger partial charge in [-0.3, -0.25) is 0 Å². The summed E-state index contributed by atoms with van der Waals surface area (Å²) < 4.78 is 5.86. The zero-order valence-corrected chi connectivity index (χ0v) is 11.6. The summed E-state index contributed by atoms with van der Waals surface area (Å²) in [7, 11) is 1.91. The number of hydrogen-bond acceptors (Lipinski definition) is 4. The van der Waals surface area contributed by atoms with Crippen LogP contribution >= 0.6 is 0 Å². The molecule has 20 heavy (non-hydrogen) atoms. The molecule has 4 heteroatoms. The van der Waals surface area contributed by atoms with Crippen LogP contribution in [-0.2, 0) is 6.61 Å².